The van der Waals surface area contributed by atoms with Crippen molar-refractivity contribution in [3.05, 3.63) is 0 Å². The molecule has 1 heterocycles. The van der Waals surface area contributed by atoms with Crippen LogP contribution in [-0.4, -0.2) is 31.2 Å². The molecule has 0 radical (unpaired) electrons. The lowest BCUT2D eigenvalue weighted by Gasteiger charge is -2.37. The van der Waals surface area contributed by atoms with E-state index in [1.165, 1.54) is 56.2 Å². The molecule has 0 amide bonds. The fraction of sp³-hybridized carbons (Fsp3) is 1.00. The summed E-state index contributed by atoms with van der Waals surface area (Å²) in [4.78, 5) is 0. The molecular formula is C10H22FN. The van der Waals surface area contributed by atoms with Crippen LogP contribution in [0.25, 0.3) is 0 Å². The fourth-order valence-electron chi connectivity index (χ4n) is 2.04. The first-order chi connectivity index (χ1) is 5.27. The number of quaternary nitrogens is 1. The lowest BCUT2D eigenvalue weighted by Crippen LogP contribution is -3.00. The zero-order valence-electron chi connectivity index (χ0n) is 8.48. The normalized spacial score (nSPS) is 21.5. The van der Waals surface area contributed by atoms with Crippen molar-refractivity contribution in [2.75, 3.05) is 26.7 Å². The van der Waals surface area contributed by atoms with Gasteiger partial charge in [0.15, 0.2) is 0 Å². The molecule has 0 aliphatic carbocycles. The summed E-state index contributed by atoms with van der Waals surface area (Å²) in [5.41, 5.74) is 0. The molecule has 0 aromatic carbocycles. The van der Waals surface area contributed by atoms with E-state index in [9.17, 15) is 0 Å². The van der Waals surface area contributed by atoms with E-state index in [1.54, 1.807) is 0 Å². The van der Waals surface area contributed by atoms with Gasteiger partial charge in [-0.15, -0.1) is 0 Å². The van der Waals surface area contributed by atoms with E-state index < -0.39 is 0 Å². The number of likely N-dealkylation sites (tertiary alicyclic amines) is 1. The van der Waals surface area contributed by atoms with Crippen molar-refractivity contribution in [3.8, 4) is 0 Å². The van der Waals surface area contributed by atoms with E-state index in [0.29, 0.717) is 0 Å². The third-order valence-corrected chi connectivity index (χ3v) is 2.95. The van der Waals surface area contributed by atoms with Gasteiger partial charge in [0.05, 0.1) is 26.7 Å². The number of rotatable bonds is 3. The van der Waals surface area contributed by atoms with E-state index in [-0.39, 0.29) is 4.70 Å². The first-order valence-corrected chi connectivity index (χ1v) is 5.10. The number of unbranched alkanes of at least 4 members (excludes halogenated alkanes) is 1. The highest BCUT2D eigenvalue weighted by Gasteiger charge is 2.23. The minimum absolute atomic E-state index is 0. The van der Waals surface area contributed by atoms with Gasteiger partial charge in [-0.1, -0.05) is 13.3 Å². The highest BCUT2D eigenvalue weighted by Crippen LogP contribution is 2.16. The van der Waals surface area contributed by atoms with Gasteiger partial charge in [-0.3, -0.25) is 0 Å². The molecule has 0 spiro atoms. The van der Waals surface area contributed by atoms with Gasteiger partial charge in [0.25, 0.3) is 0 Å². The van der Waals surface area contributed by atoms with Crippen LogP contribution >= 0.6 is 0 Å². The van der Waals surface area contributed by atoms with Crippen LogP contribution in [0.4, 0.5) is 0 Å². The molecule has 0 N–H and O–H groups in total. The van der Waals surface area contributed by atoms with Gasteiger partial charge in [0, 0.05) is 0 Å². The van der Waals surface area contributed by atoms with Gasteiger partial charge in [-0.05, 0) is 25.7 Å². The van der Waals surface area contributed by atoms with Crippen LogP contribution in [0.2, 0.25) is 0 Å². The summed E-state index contributed by atoms with van der Waals surface area (Å²) >= 11 is 0. The van der Waals surface area contributed by atoms with Crippen LogP contribution in [0, 0.1) is 0 Å². The lowest BCUT2D eigenvalue weighted by molar-refractivity contribution is -0.914. The van der Waals surface area contributed by atoms with E-state index in [4.69, 9.17) is 0 Å². The average molecular weight is 175 g/mol. The molecule has 1 aliphatic heterocycles. The van der Waals surface area contributed by atoms with Crippen LogP contribution in [0.15, 0.2) is 0 Å². The molecular weight excluding hydrogens is 153 g/mol. The second-order valence-electron chi connectivity index (χ2n) is 4.20. The van der Waals surface area contributed by atoms with Crippen LogP contribution in [-0.2, 0) is 0 Å². The number of nitrogens with zero attached hydrogens (tertiary/aromatic N) is 1. The van der Waals surface area contributed by atoms with Gasteiger partial charge >= 0.3 is 0 Å². The van der Waals surface area contributed by atoms with E-state index in [1.807, 2.05) is 0 Å². The number of piperidine rings is 1. The second kappa shape index (κ2) is 5.52. The number of hydrogen-bond donors (Lipinski definition) is 0. The summed E-state index contributed by atoms with van der Waals surface area (Å²) in [5.74, 6) is 0. The molecule has 74 valence electrons. The van der Waals surface area contributed by atoms with E-state index in [0.717, 1.165) is 0 Å². The standard InChI is InChI=1S/C10H22N.FH/c1-3-4-8-11(2)9-6-5-7-10-11;/h3-10H2,1-2H3;1H/q+1;/p-1. The molecule has 0 bridgehead atoms. The largest absolute Gasteiger partial charge is 1.00 e. The third-order valence-electron chi connectivity index (χ3n) is 2.95. The van der Waals surface area contributed by atoms with Crippen LogP contribution in [0.1, 0.15) is 39.0 Å². The van der Waals surface area contributed by atoms with Gasteiger partial charge < -0.3 is 9.19 Å². The molecule has 2 heteroatoms. The first-order valence-electron chi connectivity index (χ1n) is 5.10. The Labute approximate surface area is 75.7 Å². The Balaban J connectivity index is 0.00000121. The van der Waals surface area contributed by atoms with Crippen molar-refractivity contribution in [2.24, 2.45) is 0 Å². The Morgan fingerprint density at radius 1 is 1.08 bits per heavy atom. The Hall–Kier alpha value is -0.110. The van der Waals surface area contributed by atoms with Crippen LogP contribution in [0.3, 0.4) is 0 Å². The smallest absolute Gasteiger partial charge is 0.0784 e. The van der Waals surface area contributed by atoms with Crippen molar-refractivity contribution in [1.82, 2.24) is 0 Å². The highest BCUT2D eigenvalue weighted by atomic mass is 19.0. The van der Waals surface area contributed by atoms with Crippen molar-refractivity contribution in [2.45, 2.75) is 39.0 Å². The number of hydrogen-bond acceptors (Lipinski definition) is 0. The monoisotopic (exact) mass is 175 g/mol. The molecule has 1 nitrogen and oxygen atoms in total. The predicted molar refractivity (Wildman–Crippen MR) is 49.5 cm³/mol. The fourth-order valence-corrected chi connectivity index (χ4v) is 2.04. The Bertz CT molecular complexity index is 108. The van der Waals surface area contributed by atoms with Crippen molar-refractivity contribution in [1.29, 1.82) is 0 Å². The third kappa shape index (κ3) is 3.53. The van der Waals surface area contributed by atoms with E-state index in [2.05, 4.69) is 14.0 Å². The zero-order chi connectivity index (χ0) is 8.16. The minimum atomic E-state index is 0. The van der Waals surface area contributed by atoms with Gasteiger partial charge in [0.1, 0.15) is 0 Å². The summed E-state index contributed by atoms with van der Waals surface area (Å²) in [5, 5.41) is 0. The Morgan fingerprint density at radius 3 is 2.17 bits per heavy atom. The summed E-state index contributed by atoms with van der Waals surface area (Å²) in [6, 6.07) is 0. The molecule has 1 rings (SSSR count). The molecule has 0 saturated carbocycles. The van der Waals surface area contributed by atoms with Crippen LogP contribution in [0.5, 0.6) is 0 Å². The summed E-state index contributed by atoms with van der Waals surface area (Å²) < 4.78 is 1.36. The Kier molecular flexibility index (Phi) is 5.47. The van der Waals surface area contributed by atoms with Crippen molar-refractivity contribution >= 4 is 0 Å². The summed E-state index contributed by atoms with van der Waals surface area (Å²) in [6.45, 7) is 6.56. The lowest BCUT2D eigenvalue weighted by atomic mass is 10.1. The van der Waals surface area contributed by atoms with Gasteiger partial charge in [0.2, 0.25) is 0 Å². The molecule has 0 unspecified atom stereocenters. The van der Waals surface area contributed by atoms with E-state index >= 15 is 0 Å². The Morgan fingerprint density at radius 2 is 1.67 bits per heavy atom. The maximum atomic E-state index is 2.43. The highest BCUT2D eigenvalue weighted by molar-refractivity contribution is 4.51. The van der Waals surface area contributed by atoms with Crippen molar-refractivity contribution < 1.29 is 9.19 Å². The minimum Gasteiger partial charge on any atom is -1.00 e. The van der Waals surface area contributed by atoms with Gasteiger partial charge in [-0.25, -0.2) is 0 Å². The summed E-state index contributed by atoms with van der Waals surface area (Å²) in [7, 11) is 2.43. The molecule has 1 aliphatic rings. The molecule has 0 aromatic rings. The SMILES string of the molecule is CCCC[N+]1(C)CCCCC1.[F-]. The predicted octanol–water partition coefficient (Wildman–Crippen LogP) is -0.579. The first kappa shape index (κ1) is 11.9. The molecule has 0 atom stereocenters. The maximum absolute atomic E-state index is 2.43. The topological polar surface area (TPSA) is 0 Å². The molecule has 1 fully saturated rings. The second-order valence-corrected chi connectivity index (χ2v) is 4.20. The van der Waals surface area contributed by atoms with Gasteiger partial charge in [-0.2, -0.15) is 0 Å². The van der Waals surface area contributed by atoms with Crippen molar-refractivity contribution in [3.63, 3.8) is 0 Å². The maximum Gasteiger partial charge on any atom is 0.0784 e. The molecule has 0 aromatic heterocycles. The average Bonchev–Trinajstić information content (AvgIpc) is 2.03. The number of halogens is 1. The zero-order valence-corrected chi connectivity index (χ0v) is 8.48. The molecule has 12 heavy (non-hydrogen) atoms. The quantitative estimate of drug-likeness (QED) is 0.504. The van der Waals surface area contributed by atoms with Crippen LogP contribution < -0.4 is 4.70 Å². The molecule has 1 saturated heterocycles. The summed E-state index contributed by atoms with van der Waals surface area (Å²) in [6.07, 6.45) is 7.16.